The lowest BCUT2D eigenvalue weighted by atomic mass is 9.49. The average Bonchev–Trinajstić information content (AvgIpc) is 4.37. The molecule has 3 aliphatic rings. The summed E-state index contributed by atoms with van der Waals surface area (Å²) in [6.45, 7) is 24.6. The van der Waals surface area contributed by atoms with Gasteiger partial charge in [0, 0.05) is 50.1 Å². The molecule has 402 valence electrons. The molecule has 0 saturated carbocycles. The van der Waals surface area contributed by atoms with Gasteiger partial charge in [0.05, 0.1) is 44.6 Å². The average molecular weight is 1110 g/mol. The van der Waals surface area contributed by atoms with E-state index in [1.807, 2.05) is 55.4 Å². The number of aromatic nitrogens is 2. The molecule has 3 aliphatic heterocycles. The standard InChI is InChI=1S/C30H28BNO2.C24H16BrN.C12H24B2O4.CH4/c1-29(2)30(3,4)34-31(33-29)24-14-10-13-23(17-24)27-20-32(25-15-6-5-7-16-25)28-19-22-12-9-8-11-21(22)18-26(27)28;25-20-10-6-9-19(13-20)23-16-26(21-11-2-1-3-12-21)24-15-18-8-5-4-7-17(18)14-22(23)24;1-9(2)10(3,4)16-13(15-9)14-17-11(5,6)12(7,8)18-14;/h5-20H,1-4H3;1-16H;1-8H3;1H4. The summed E-state index contributed by atoms with van der Waals surface area (Å²) in [5.74, 6) is 0. The molecule has 8 nitrogen and oxygen atoms in total. The van der Waals surface area contributed by atoms with E-state index in [4.69, 9.17) is 27.9 Å². The molecule has 0 spiro atoms. The Hall–Kier alpha value is -6.21. The first kappa shape index (κ1) is 56.1. The molecular formula is C67H72B3BrN2O6. The second-order valence-corrected chi connectivity index (χ2v) is 24.8. The molecule has 0 radical (unpaired) electrons. The first-order valence-corrected chi connectivity index (χ1v) is 27.9. The number of para-hydroxylation sites is 2. The third kappa shape index (κ3) is 10.7. The fourth-order valence-corrected chi connectivity index (χ4v) is 10.8. The SMILES string of the molecule is Brc1cccc(-c2cn(-c3ccccc3)c3cc4ccccc4cc23)c1.C.CC1(C)OB(B2OC(C)(C)C(C)(C)O2)OC1(C)C.CC1(C)OB(c2cccc(-c3cn(-c4ccccc4)c4cc5ccccc5cc34)c2)OC1(C)C. The van der Waals surface area contributed by atoms with Crippen molar-refractivity contribution in [2.45, 2.75) is 124 Å². The van der Waals surface area contributed by atoms with Crippen LogP contribution < -0.4 is 5.46 Å². The number of nitrogens with zero attached hydrogens (tertiary/aromatic N) is 2. The van der Waals surface area contributed by atoms with Gasteiger partial charge in [0.2, 0.25) is 0 Å². The zero-order chi connectivity index (χ0) is 55.0. The molecule has 5 heterocycles. The summed E-state index contributed by atoms with van der Waals surface area (Å²) >= 11 is 3.61. The summed E-state index contributed by atoms with van der Waals surface area (Å²) in [5, 5.41) is 7.50. The van der Waals surface area contributed by atoms with Crippen LogP contribution in [0.1, 0.15) is 90.5 Å². The minimum atomic E-state index is -0.476. The fraction of sp³-hybridized carbons (Fsp3) is 0.284. The molecule has 79 heavy (non-hydrogen) atoms. The van der Waals surface area contributed by atoms with Gasteiger partial charge in [0.1, 0.15) is 0 Å². The number of hydrogen-bond acceptors (Lipinski definition) is 6. The Bertz CT molecular complexity index is 3750. The quantitative estimate of drug-likeness (QED) is 0.155. The third-order valence-corrected chi connectivity index (χ3v) is 17.5. The Labute approximate surface area is 476 Å². The van der Waals surface area contributed by atoms with Crippen LogP contribution in [0.4, 0.5) is 0 Å². The molecule has 8 aromatic carbocycles. The van der Waals surface area contributed by atoms with E-state index < -0.39 is 14.0 Å². The first-order chi connectivity index (χ1) is 37.0. The Balaban J connectivity index is 0.000000140. The number of hydrogen-bond donors (Lipinski definition) is 0. The summed E-state index contributed by atoms with van der Waals surface area (Å²) < 4.78 is 42.2. The topological polar surface area (TPSA) is 65.2 Å². The van der Waals surface area contributed by atoms with Gasteiger partial charge < -0.3 is 37.1 Å². The Morgan fingerprint density at radius 1 is 0.354 bits per heavy atom. The van der Waals surface area contributed by atoms with E-state index in [9.17, 15) is 0 Å². The number of halogens is 1. The van der Waals surface area contributed by atoms with Crippen molar-refractivity contribution in [1.82, 2.24) is 9.13 Å². The second kappa shape index (κ2) is 21.0. The monoisotopic (exact) mass is 1110 g/mol. The highest BCUT2D eigenvalue weighted by Crippen LogP contribution is 2.44. The fourth-order valence-electron chi connectivity index (χ4n) is 10.4. The van der Waals surface area contributed by atoms with Crippen molar-refractivity contribution in [2.75, 3.05) is 0 Å². The van der Waals surface area contributed by atoms with E-state index in [1.54, 1.807) is 0 Å². The second-order valence-electron chi connectivity index (χ2n) is 23.9. The van der Waals surface area contributed by atoms with Crippen molar-refractivity contribution in [2.24, 2.45) is 0 Å². The molecule has 0 atom stereocenters. The highest BCUT2D eigenvalue weighted by atomic mass is 79.9. The molecule has 13 rings (SSSR count). The Morgan fingerprint density at radius 2 is 0.696 bits per heavy atom. The summed E-state index contributed by atoms with van der Waals surface area (Å²) in [7, 11) is -1.33. The number of benzene rings is 8. The first-order valence-electron chi connectivity index (χ1n) is 27.1. The minimum absolute atomic E-state index is 0. The maximum Gasteiger partial charge on any atom is 0.494 e. The summed E-state index contributed by atoms with van der Waals surface area (Å²) in [6.07, 6.45) is 4.50. The molecular weight excluding hydrogens is 1040 g/mol. The van der Waals surface area contributed by atoms with E-state index in [0.29, 0.717) is 0 Å². The highest BCUT2D eigenvalue weighted by molar-refractivity contribution is 9.10. The van der Waals surface area contributed by atoms with Gasteiger partial charge in [-0.25, -0.2) is 0 Å². The molecule has 0 bridgehead atoms. The van der Waals surface area contributed by atoms with Gasteiger partial charge in [-0.05, 0) is 182 Å². The van der Waals surface area contributed by atoms with Crippen LogP contribution >= 0.6 is 15.9 Å². The van der Waals surface area contributed by atoms with E-state index in [1.165, 1.54) is 65.7 Å². The van der Waals surface area contributed by atoms with Crippen LogP contribution in [-0.2, 0) is 27.9 Å². The van der Waals surface area contributed by atoms with Crippen molar-refractivity contribution in [3.8, 4) is 33.6 Å². The van der Waals surface area contributed by atoms with Crippen LogP contribution in [0.2, 0.25) is 0 Å². The highest BCUT2D eigenvalue weighted by Gasteiger charge is 2.63. The smallest absolute Gasteiger partial charge is 0.405 e. The van der Waals surface area contributed by atoms with E-state index >= 15 is 0 Å². The van der Waals surface area contributed by atoms with Gasteiger partial charge in [-0.15, -0.1) is 0 Å². The number of fused-ring (bicyclic) bond motifs is 4. The summed E-state index contributed by atoms with van der Waals surface area (Å²) in [5.41, 5.74) is 8.43. The predicted molar refractivity (Wildman–Crippen MR) is 335 cm³/mol. The zero-order valence-corrected chi connectivity index (χ0v) is 48.5. The molecule has 2 aromatic heterocycles. The zero-order valence-electron chi connectivity index (χ0n) is 46.9. The van der Waals surface area contributed by atoms with E-state index in [2.05, 4.69) is 247 Å². The summed E-state index contributed by atoms with van der Waals surface area (Å²) in [4.78, 5) is 0. The van der Waals surface area contributed by atoms with Gasteiger partial charge in [0.15, 0.2) is 0 Å². The van der Waals surface area contributed by atoms with Crippen LogP contribution in [0.25, 0.3) is 77.0 Å². The molecule has 0 amide bonds. The normalized spacial score (nSPS) is 18.3. The molecule has 10 aromatic rings. The molecule has 3 saturated heterocycles. The molecule has 12 heteroatoms. The van der Waals surface area contributed by atoms with Gasteiger partial charge in [-0.1, -0.05) is 145 Å². The van der Waals surface area contributed by atoms with Crippen molar-refractivity contribution in [3.05, 3.63) is 199 Å². The van der Waals surface area contributed by atoms with Crippen LogP contribution in [0.5, 0.6) is 0 Å². The lowest BCUT2D eigenvalue weighted by Gasteiger charge is -2.32. The van der Waals surface area contributed by atoms with Gasteiger partial charge in [-0.2, -0.15) is 0 Å². The third-order valence-electron chi connectivity index (χ3n) is 17.0. The largest absolute Gasteiger partial charge is 0.494 e. The van der Waals surface area contributed by atoms with Crippen molar-refractivity contribution >= 4 is 85.9 Å². The minimum Gasteiger partial charge on any atom is -0.405 e. The maximum atomic E-state index is 6.33. The van der Waals surface area contributed by atoms with Gasteiger partial charge in [-0.3, -0.25) is 0 Å². The van der Waals surface area contributed by atoms with E-state index in [0.717, 1.165) is 21.2 Å². The van der Waals surface area contributed by atoms with Crippen LogP contribution in [0, 0.1) is 0 Å². The molecule has 0 unspecified atom stereocenters. The number of rotatable bonds is 6. The van der Waals surface area contributed by atoms with Crippen molar-refractivity contribution < 1.29 is 27.9 Å². The maximum absolute atomic E-state index is 6.33. The summed E-state index contributed by atoms with van der Waals surface area (Å²) in [6, 6.07) is 64.4. The van der Waals surface area contributed by atoms with Crippen LogP contribution in [0.3, 0.4) is 0 Å². The Morgan fingerprint density at radius 3 is 1.09 bits per heavy atom. The van der Waals surface area contributed by atoms with Crippen molar-refractivity contribution in [1.29, 1.82) is 0 Å². The Kier molecular flexibility index (Phi) is 14.9. The van der Waals surface area contributed by atoms with Crippen LogP contribution in [0.15, 0.2) is 199 Å². The van der Waals surface area contributed by atoms with E-state index in [-0.39, 0.29) is 48.2 Å². The molecule has 0 N–H and O–H groups in total. The predicted octanol–water partition coefficient (Wildman–Crippen LogP) is 16.8. The lowest BCUT2D eigenvalue weighted by Crippen LogP contribution is -2.41. The molecule has 0 aliphatic carbocycles. The van der Waals surface area contributed by atoms with Gasteiger partial charge in [0.25, 0.3) is 0 Å². The lowest BCUT2D eigenvalue weighted by molar-refractivity contribution is 0.00578. The van der Waals surface area contributed by atoms with Crippen molar-refractivity contribution in [3.63, 3.8) is 0 Å². The molecule has 3 fully saturated rings. The van der Waals surface area contributed by atoms with Gasteiger partial charge >= 0.3 is 21.1 Å². The van der Waals surface area contributed by atoms with Crippen LogP contribution in [-0.4, -0.2) is 63.9 Å².